The van der Waals surface area contributed by atoms with Crippen molar-refractivity contribution in [2.75, 3.05) is 19.0 Å². The molecular weight excluding hydrogens is 228 g/mol. The van der Waals surface area contributed by atoms with Gasteiger partial charge in [0.25, 0.3) is 0 Å². The lowest BCUT2D eigenvalue weighted by atomic mass is 9.64. The van der Waals surface area contributed by atoms with Crippen LogP contribution in [0.4, 0.5) is 5.82 Å². The summed E-state index contributed by atoms with van der Waals surface area (Å²) in [6.07, 6.45) is 3.12. The minimum atomic E-state index is 0.124. The number of ether oxygens (including phenoxy) is 2. The molecule has 1 aliphatic rings. The largest absolute Gasteiger partial charge is 0.493 e. The monoisotopic (exact) mass is 250 g/mol. The molecule has 2 unspecified atom stereocenters. The Labute approximate surface area is 109 Å². The van der Waals surface area contributed by atoms with Crippen LogP contribution in [0.1, 0.15) is 27.2 Å². The predicted octanol–water partition coefficient (Wildman–Crippen LogP) is 2.71. The summed E-state index contributed by atoms with van der Waals surface area (Å²) < 4.78 is 11.0. The molecule has 0 bridgehead atoms. The number of rotatable bonds is 5. The van der Waals surface area contributed by atoms with Crippen LogP contribution in [-0.2, 0) is 4.74 Å². The fraction of sp³-hybridized carbons (Fsp3) is 0.643. The summed E-state index contributed by atoms with van der Waals surface area (Å²) in [5.74, 6) is 1.60. The van der Waals surface area contributed by atoms with Crippen molar-refractivity contribution in [1.29, 1.82) is 0 Å². The van der Waals surface area contributed by atoms with Gasteiger partial charge in [-0.1, -0.05) is 13.8 Å². The van der Waals surface area contributed by atoms with Crippen LogP contribution in [-0.4, -0.2) is 30.8 Å². The van der Waals surface area contributed by atoms with Crippen LogP contribution in [0.3, 0.4) is 0 Å². The highest BCUT2D eigenvalue weighted by Crippen LogP contribution is 2.44. The molecule has 4 nitrogen and oxygen atoms in total. The van der Waals surface area contributed by atoms with Crippen molar-refractivity contribution in [2.45, 2.75) is 39.3 Å². The first-order valence-corrected chi connectivity index (χ1v) is 6.46. The molecule has 4 heteroatoms. The summed E-state index contributed by atoms with van der Waals surface area (Å²) in [7, 11) is 1.66. The molecule has 0 aromatic carbocycles. The number of nitrogens with one attached hydrogen (secondary N) is 1. The van der Waals surface area contributed by atoms with Crippen molar-refractivity contribution in [3.63, 3.8) is 0 Å². The van der Waals surface area contributed by atoms with E-state index >= 15 is 0 Å². The molecule has 0 aliphatic heterocycles. The standard InChI is InChI=1S/C14H22N2O2/c1-5-18-12-9-11(14(12,2)3)16-13-10(17-4)7-6-8-15-13/h6-8,11-12H,5,9H2,1-4H3,(H,15,16). The Morgan fingerprint density at radius 1 is 1.50 bits per heavy atom. The summed E-state index contributed by atoms with van der Waals surface area (Å²) in [4.78, 5) is 4.33. The molecule has 1 N–H and O–H groups in total. The van der Waals surface area contributed by atoms with Gasteiger partial charge >= 0.3 is 0 Å². The minimum absolute atomic E-state index is 0.124. The normalized spacial score (nSPS) is 25.3. The van der Waals surface area contributed by atoms with E-state index in [1.54, 1.807) is 13.3 Å². The van der Waals surface area contributed by atoms with Gasteiger partial charge in [0.15, 0.2) is 11.6 Å². The molecule has 1 saturated carbocycles. The van der Waals surface area contributed by atoms with Gasteiger partial charge in [-0.15, -0.1) is 0 Å². The molecule has 1 fully saturated rings. The fourth-order valence-electron chi connectivity index (χ4n) is 2.44. The maximum Gasteiger partial charge on any atom is 0.168 e. The molecule has 0 spiro atoms. The highest BCUT2D eigenvalue weighted by molar-refractivity contribution is 5.51. The third kappa shape index (κ3) is 2.29. The van der Waals surface area contributed by atoms with Crippen LogP contribution in [0.5, 0.6) is 5.75 Å². The molecule has 2 atom stereocenters. The van der Waals surface area contributed by atoms with E-state index in [4.69, 9.17) is 9.47 Å². The smallest absolute Gasteiger partial charge is 0.168 e. The average Bonchev–Trinajstić information content (AvgIpc) is 2.38. The Balaban J connectivity index is 2.03. The van der Waals surface area contributed by atoms with Gasteiger partial charge in [-0.3, -0.25) is 0 Å². The maximum absolute atomic E-state index is 5.73. The molecule has 0 amide bonds. The van der Waals surface area contributed by atoms with Crippen molar-refractivity contribution in [3.8, 4) is 5.75 Å². The molecule has 1 aromatic rings. The first kappa shape index (κ1) is 13.1. The summed E-state index contributed by atoms with van der Waals surface area (Å²) >= 11 is 0. The Morgan fingerprint density at radius 2 is 2.28 bits per heavy atom. The zero-order valence-electron chi connectivity index (χ0n) is 11.6. The molecule has 1 heterocycles. The van der Waals surface area contributed by atoms with Crippen LogP contribution >= 0.6 is 0 Å². The Bertz CT molecular complexity index is 407. The predicted molar refractivity (Wildman–Crippen MR) is 72.0 cm³/mol. The molecule has 0 saturated heterocycles. The highest BCUT2D eigenvalue weighted by Gasteiger charge is 2.49. The topological polar surface area (TPSA) is 43.4 Å². The SMILES string of the molecule is CCOC1CC(Nc2ncccc2OC)C1(C)C. The zero-order valence-corrected chi connectivity index (χ0v) is 11.6. The summed E-state index contributed by atoms with van der Waals surface area (Å²) in [6, 6.07) is 4.16. The molecule has 100 valence electrons. The van der Waals surface area contributed by atoms with E-state index in [1.807, 2.05) is 19.1 Å². The van der Waals surface area contributed by atoms with E-state index in [0.717, 1.165) is 24.6 Å². The van der Waals surface area contributed by atoms with Crippen LogP contribution in [0.15, 0.2) is 18.3 Å². The van der Waals surface area contributed by atoms with E-state index < -0.39 is 0 Å². The highest BCUT2D eigenvalue weighted by atomic mass is 16.5. The van der Waals surface area contributed by atoms with Gasteiger partial charge in [0.1, 0.15) is 0 Å². The third-order valence-corrected chi connectivity index (χ3v) is 3.85. The number of aromatic nitrogens is 1. The molecule has 2 rings (SSSR count). The number of nitrogens with zero attached hydrogens (tertiary/aromatic N) is 1. The number of hydrogen-bond donors (Lipinski definition) is 1. The zero-order chi connectivity index (χ0) is 13.2. The Kier molecular flexibility index (Phi) is 3.76. The number of methoxy groups -OCH3 is 1. The molecule has 0 radical (unpaired) electrons. The van der Waals surface area contributed by atoms with Gasteiger partial charge in [0.05, 0.1) is 13.2 Å². The van der Waals surface area contributed by atoms with Crippen molar-refractivity contribution in [2.24, 2.45) is 5.41 Å². The van der Waals surface area contributed by atoms with Gasteiger partial charge in [-0.05, 0) is 25.5 Å². The summed E-state index contributed by atoms with van der Waals surface area (Å²) in [5, 5.41) is 3.46. The van der Waals surface area contributed by atoms with Gasteiger partial charge < -0.3 is 14.8 Å². The molecule has 1 aliphatic carbocycles. The first-order chi connectivity index (χ1) is 8.59. The lowest BCUT2D eigenvalue weighted by Gasteiger charge is -2.51. The summed E-state index contributed by atoms with van der Waals surface area (Å²) in [5.41, 5.74) is 0.124. The third-order valence-electron chi connectivity index (χ3n) is 3.85. The Morgan fingerprint density at radius 3 is 2.89 bits per heavy atom. The quantitative estimate of drug-likeness (QED) is 0.872. The van der Waals surface area contributed by atoms with Crippen molar-refractivity contribution >= 4 is 5.82 Å². The Hall–Kier alpha value is -1.29. The number of hydrogen-bond acceptors (Lipinski definition) is 4. The van der Waals surface area contributed by atoms with Crippen molar-refractivity contribution < 1.29 is 9.47 Å². The first-order valence-electron chi connectivity index (χ1n) is 6.46. The number of anilines is 1. The van der Waals surface area contributed by atoms with E-state index in [2.05, 4.69) is 24.1 Å². The summed E-state index contributed by atoms with van der Waals surface area (Å²) in [6.45, 7) is 7.26. The molecule has 18 heavy (non-hydrogen) atoms. The second-order valence-electron chi connectivity index (χ2n) is 5.25. The van der Waals surface area contributed by atoms with Crippen LogP contribution in [0, 0.1) is 5.41 Å². The van der Waals surface area contributed by atoms with Gasteiger partial charge in [0, 0.05) is 24.3 Å². The van der Waals surface area contributed by atoms with Crippen molar-refractivity contribution in [3.05, 3.63) is 18.3 Å². The molecular formula is C14H22N2O2. The molecule has 1 aromatic heterocycles. The maximum atomic E-state index is 5.73. The lowest BCUT2D eigenvalue weighted by Crippen LogP contribution is -2.58. The van der Waals surface area contributed by atoms with Gasteiger partial charge in [-0.25, -0.2) is 4.98 Å². The lowest BCUT2D eigenvalue weighted by molar-refractivity contribution is -0.0977. The van der Waals surface area contributed by atoms with Crippen molar-refractivity contribution in [1.82, 2.24) is 4.98 Å². The second-order valence-corrected chi connectivity index (χ2v) is 5.25. The van der Waals surface area contributed by atoms with Crippen LogP contribution in [0.2, 0.25) is 0 Å². The minimum Gasteiger partial charge on any atom is -0.493 e. The van der Waals surface area contributed by atoms with Crippen LogP contribution < -0.4 is 10.1 Å². The van der Waals surface area contributed by atoms with E-state index in [1.165, 1.54) is 0 Å². The van der Waals surface area contributed by atoms with Crippen LogP contribution in [0.25, 0.3) is 0 Å². The average molecular weight is 250 g/mol. The van der Waals surface area contributed by atoms with Gasteiger partial charge in [0.2, 0.25) is 0 Å². The van der Waals surface area contributed by atoms with E-state index in [-0.39, 0.29) is 5.41 Å². The van der Waals surface area contributed by atoms with Gasteiger partial charge in [-0.2, -0.15) is 0 Å². The fourth-order valence-corrected chi connectivity index (χ4v) is 2.44. The number of pyridine rings is 1. The van der Waals surface area contributed by atoms with E-state index in [0.29, 0.717) is 12.1 Å². The second kappa shape index (κ2) is 5.14. The van der Waals surface area contributed by atoms with E-state index in [9.17, 15) is 0 Å².